The molecule has 2 aromatic carbocycles. The van der Waals surface area contributed by atoms with Gasteiger partial charge in [-0.15, -0.1) is 0 Å². The molecule has 0 aliphatic carbocycles. The van der Waals surface area contributed by atoms with Crippen LogP contribution in [-0.2, 0) is 6.42 Å². The molecule has 1 unspecified atom stereocenters. The van der Waals surface area contributed by atoms with Gasteiger partial charge in [0.2, 0.25) is 0 Å². The summed E-state index contributed by atoms with van der Waals surface area (Å²) in [5.74, 6) is 1.77. The molecular weight excluding hydrogens is 262 g/mol. The van der Waals surface area contributed by atoms with E-state index in [4.69, 9.17) is 15.2 Å². The summed E-state index contributed by atoms with van der Waals surface area (Å²) in [5, 5.41) is 0. The highest BCUT2D eigenvalue weighted by molar-refractivity contribution is 5.33. The Morgan fingerprint density at radius 1 is 0.905 bits per heavy atom. The lowest BCUT2D eigenvalue weighted by molar-refractivity contribution is 0.339. The third kappa shape index (κ3) is 4.50. The first-order valence-corrected chi connectivity index (χ1v) is 7.43. The van der Waals surface area contributed by atoms with Crippen LogP contribution in [-0.4, -0.2) is 13.2 Å². The van der Waals surface area contributed by atoms with Crippen LogP contribution in [0.5, 0.6) is 11.5 Å². The molecule has 0 radical (unpaired) electrons. The molecule has 0 fully saturated rings. The summed E-state index contributed by atoms with van der Waals surface area (Å²) in [6.45, 7) is 5.31. The van der Waals surface area contributed by atoms with Gasteiger partial charge in [0.05, 0.1) is 13.2 Å². The lowest BCUT2D eigenvalue weighted by Gasteiger charge is -2.14. The fourth-order valence-electron chi connectivity index (χ4n) is 2.26. The van der Waals surface area contributed by atoms with Crippen molar-refractivity contribution in [1.82, 2.24) is 0 Å². The Morgan fingerprint density at radius 2 is 1.57 bits per heavy atom. The van der Waals surface area contributed by atoms with E-state index >= 15 is 0 Å². The van der Waals surface area contributed by atoms with Gasteiger partial charge in [0.15, 0.2) is 0 Å². The molecule has 2 N–H and O–H groups in total. The summed E-state index contributed by atoms with van der Waals surface area (Å²) < 4.78 is 11.0. The van der Waals surface area contributed by atoms with Gasteiger partial charge in [0, 0.05) is 6.04 Å². The van der Waals surface area contributed by atoms with E-state index in [1.165, 1.54) is 5.56 Å². The molecule has 0 aromatic heterocycles. The molecule has 0 spiro atoms. The molecule has 0 bridgehead atoms. The first-order chi connectivity index (χ1) is 10.2. The molecule has 0 aliphatic rings. The smallest absolute Gasteiger partial charge is 0.119 e. The summed E-state index contributed by atoms with van der Waals surface area (Å²) in [5.41, 5.74) is 8.60. The maximum atomic E-state index is 6.30. The van der Waals surface area contributed by atoms with Gasteiger partial charge in [-0.05, 0) is 55.7 Å². The third-order valence-electron chi connectivity index (χ3n) is 3.29. The Balaban J connectivity index is 2.03. The summed E-state index contributed by atoms with van der Waals surface area (Å²) in [7, 11) is 0. The monoisotopic (exact) mass is 285 g/mol. The fourth-order valence-corrected chi connectivity index (χ4v) is 2.26. The molecule has 0 amide bonds. The first-order valence-electron chi connectivity index (χ1n) is 7.43. The van der Waals surface area contributed by atoms with E-state index < -0.39 is 0 Å². The number of ether oxygens (including phenoxy) is 2. The number of benzene rings is 2. The fraction of sp³-hybridized carbons (Fsp3) is 0.333. The van der Waals surface area contributed by atoms with Gasteiger partial charge in [0.25, 0.3) is 0 Å². The summed E-state index contributed by atoms with van der Waals surface area (Å²) in [6.07, 6.45) is 0.794. The van der Waals surface area contributed by atoms with E-state index in [0.717, 1.165) is 23.5 Å². The number of rotatable bonds is 7. The Bertz CT molecular complexity index is 551. The van der Waals surface area contributed by atoms with Gasteiger partial charge >= 0.3 is 0 Å². The minimum Gasteiger partial charge on any atom is -0.494 e. The van der Waals surface area contributed by atoms with Crippen molar-refractivity contribution in [3.05, 3.63) is 59.7 Å². The zero-order valence-corrected chi connectivity index (χ0v) is 12.7. The lowest BCUT2D eigenvalue weighted by Crippen LogP contribution is -2.13. The molecule has 3 nitrogen and oxygen atoms in total. The molecule has 0 heterocycles. The quantitative estimate of drug-likeness (QED) is 0.843. The number of hydrogen-bond acceptors (Lipinski definition) is 3. The van der Waals surface area contributed by atoms with E-state index in [0.29, 0.717) is 13.2 Å². The largest absolute Gasteiger partial charge is 0.494 e. The maximum Gasteiger partial charge on any atom is 0.119 e. The molecule has 0 aliphatic heterocycles. The van der Waals surface area contributed by atoms with E-state index in [2.05, 4.69) is 12.1 Å². The van der Waals surface area contributed by atoms with Crippen LogP contribution in [0.1, 0.15) is 31.0 Å². The van der Waals surface area contributed by atoms with Crippen LogP contribution in [0.2, 0.25) is 0 Å². The van der Waals surface area contributed by atoms with E-state index in [1.807, 2.05) is 50.2 Å². The molecular formula is C18H23NO2. The van der Waals surface area contributed by atoms with Crippen LogP contribution in [0.4, 0.5) is 0 Å². The van der Waals surface area contributed by atoms with E-state index in [9.17, 15) is 0 Å². The van der Waals surface area contributed by atoms with Crippen LogP contribution in [0.15, 0.2) is 48.5 Å². The van der Waals surface area contributed by atoms with Crippen LogP contribution in [0.25, 0.3) is 0 Å². The Hall–Kier alpha value is -2.00. The first kappa shape index (κ1) is 15.4. The van der Waals surface area contributed by atoms with Crippen molar-refractivity contribution in [2.24, 2.45) is 5.73 Å². The Kier molecular flexibility index (Phi) is 5.64. The average Bonchev–Trinajstić information content (AvgIpc) is 2.50. The van der Waals surface area contributed by atoms with Crippen LogP contribution in [0, 0.1) is 0 Å². The molecule has 2 rings (SSSR count). The molecule has 2 aromatic rings. The van der Waals surface area contributed by atoms with Crippen molar-refractivity contribution in [3.8, 4) is 11.5 Å². The van der Waals surface area contributed by atoms with Crippen molar-refractivity contribution in [2.75, 3.05) is 13.2 Å². The van der Waals surface area contributed by atoms with Crippen LogP contribution < -0.4 is 15.2 Å². The van der Waals surface area contributed by atoms with Crippen molar-refractivity contribution in [3.63, 3.8) is 0 Å². The molecule has 112 valence electrons. The van der Waals surface area contributed by atoms with E-state index in [1.54, 1.807) is 0 Å². The minimum atomic E-state index is -0.0386. The van der Waals surface area contributed by atoms with Crippen molar-refractivity contribution in [1.29, 1.82) is 0 Å². The van der Waals surface area contributed by atoms with Gasteiger partial charge < -0.3 is 15.2 Å². The lowest BCUT2D eigenvalue weighted by atomic mass is 9.99. The van der Waals surface area contributed by atoms with Crippen LogP contribution in [0.3, 0.4) is 0 Å². The second kappa shape index (κ2) is 7.70. The molecule has 21 heavy (non-hydrogen) atoms. The predicted molar refractivity (Wildman–Crippen MR) is 85.9 cm³/mol. The Labute approximate surface area is 126 Å². The maximum absolute atomic E-state index is 6.30. The second-order valence-electron chi connectivity index (χ2n) is 4.89. The zero-order chi connectivity index (χ0) is 15.1. The molecule has 0 saturated heterocycles. The highest BCUT2D eigenvalue weighted by Crippen LogP contribution is 2.22. The molecule has 3 heteroatoms. The normalized spacial score (nSPS) is 12.0. The summed E-state index contributed by atoms with van der Waals surface area (Å²) in [6, 6.07) is 16.1. The average molecular weight is 285 g/mol. The topological polar surface area (TPSA) is 44.5 Å². The third-order valence-corrected chi connectivity index (χ3v) is 3.29. The molecule has 1 atom stereocenters. The van der Waals surface area contributed by atoms with Crippen molar-refractivity contribution >= 4 is 0 Å². The van der Waals surface area contributed by atoms with Gasteiger partial charge in [-0.3, -0.25) is 0 Å². The SMILES string of the molecule is CCOc1ccc(CC(N)c2cccc(OCC)c2)cc1. The predicted octanol–water partition coefficient (Wildman–Crippen LogP) is 3.73. The van der Waals surface area contributed by atoms with E-state index in [-0.39, 0.29) is 6.04 Å². The standard InChI is InChI=1S/C18H23NO2/c1-3-20-16-10-8-14(9-11-16)12-18(19)15-6-5-7-17(13-15)21-4-2/h5-11,13,18H,3-4,12,19H2,1-2H3. The highest BCUT2D eigenvalue weighted by atomic mass is 16.5. The molecule has 0 saturated carbocycles. The highest BCUT2D eigenvalue weighted by Gasteiger charge is 2.08. The minimum absolute atomic E-state index is 0.0386. The van der Waals surface area contributed by atoms with Gasteiger partial charge in [0.1, 0.15) is 11.5 Å². The van der Waals surface area contributed by atoms with Crippen molar-refractivity contribution < 1.29 is 9.47 Å². The van der Waals surface area contributed by atoms with Crippen molar-refractivity contribution in [2.45, 2.75) is 26.3 Å². The number of hydrogen-bond donors (Lipinski definition) is 1. The van der Waals surface area contributed by atoms with Crippen LogP contribution >= 0.6 is 0 Å². The van der Waals surface area contributed by atoms with Gasteiger partial charge in [-0.2, -0.15) is 0 Å². The van der Waals surface area contributed by atoms with Gasteiger partial charge in [-0.1, -0.05) is 24.3 Å². The van der Waals surface area contributed by atoms with Gasteiger partial charge in [-0.25, -0.2) is 0 Å². The summed E-state index contributed by atoms with van der Waals surface area (Å²) in [4.78, 5) is 0. The Morgan fingerprint density at radius 3 is 2.24 bits per heavy atom. The second-order valence-corrected chi connectivity index (χ2v) is 4.89. The number of nitrogens with two attached hydrogens (primary N) is 1. The zero-order valence-electron chi connectivity index (χ0n) is 12.7. The summed E-state index contributed by atoms with van der Waals surface area (Å²) >= 11 is 0.